The molecule has 3 heterocycles. The van der Waals surface area contributed by atoms with Crippen LogP contribution in [-0.4, -0.2) is 33.3 Å². The molecule has 6 nitrogen and oxygen atoms in total. The van der Waals surface area contributed by atoms with Crippen molar-refractivity contribution in [3.05, 3.63) is 59.9 Å². The third kappa shape index (κ3) is 3.16. The minimum absolute atomic E-state index is 0.0207. The van der Waals surface area contributed by atoms with Crippen LogP contribution in [0, 0.1) is 0 Å². The summed E-state index contributed by atoms with van der Waals surface area (Å²) in [5, 5.41) is 8.12. The summed E-state index contributed by atoms with van der Waals surface area (Å²) in [7, 11) is 2.01. The number of fused-ring (bicyclic) bond motifs is 1. The van der Waals surface area contributed by atoms with Gasteiger partial charge in [0.15, 0.2) is 5.78 Å². The second kappa shape index (κ2) is 6.98. The number of likely N-dealkylation sites (N-methyl/N-ethyl adjacent to an activating group) is 1. The van der Waals surface area contributed by atoms with E-state index in [2.05, 4.69) is 46.1 Å². The highest BCUT2D eigenvalue weighted by Gasteiger charge is 2.38. The van der Waals surface area contributed by atoms with Crippen LogP contribution in [-0.2, 0) is 10.2 Å². The van der Waals surface area contributed by atoms with Gasteiger partial charge in [0.1, 0.15) is 5.69 Å². The van der Waals surface area contributed by atoms with E-state index in [1.54, 1.807) is 12.3 Å². The Morgan fingerprint density at radius 1 is 1.25 bits per heavy atom. The van der Waals surface area contributed by atoms with E-state index in [1.165, 1.54) is 17.3 Å². The Morgan fingerprint density at radius 3 is 2.75 bits per heavy atom. The fourth-order valence-corrected chi connectivity index (χ4v) is 4.25. The average Bonchev–Trinajstić information content (AvgIpc) is 3.39. The first-order valence-corrected chi connectivity index (χ1v) is 9.99. The van der Waals surface area contributed by atoms with Crippen molar-refractivity contribution < 1.29 is 9.21 Å². The van der Waals surface area contributed by atoms with Crippen LogP contribution < -0.4 is 4.90 Å². The van der Waals surface area contributed by atoms with Crippen molar-refractivity contribution in [2.45, 2.75) is 36.7 Å². The van der Waals surface area contributed by atoms with Gasteiger partial charge >= 0.3 is 0 Å². The number of nitrogens with one attached hydrogen (secondary N) is 1. The van der Waals surface area contributed by atoms with E-state index in [9.17, 15) is 4.79 Å². The number of aromatic amines is 1. The number of carbonyl (C=O) groups excluding carboxylic acids is 1. The Balaban J connectivity index is 1.52. The fourth-order valence-electron chi connectivity index (χ4n) is 3.55. The smallest absolute Gasteiger partial charge is 0.277 e. The lowest BCUT2D eigenvalue weighted by Crippen LogP contribution is -2.25. The standard InChI is InChI=1S/C21H22N4O2S/c1-13(28-20-24-23-19(27-20)15-9-7-11-22-15)17(26)12-18-21(2,3)14-8-5-6-10-16(14)25(18)4/h5-13,22H,1-4H3/b18-12+/t13-/m1/s1. The van der Waals surface area contributed by atoms with Crippen molar-refractivity contribution in [2.24, 2.45) is 0 Å². The minimum Gasteiger partial charge on any atom is -0.410 e. The van der Waals surface area contributed by atoms with Gasteiger partial charge in [0.2, 0.25) is 0 Å². The Labute approximate surface area is 168 Å². The van der Waals surface area contributed by atoms with Gasteiger partial charge < -0.3 is 14.3 Å². The number of thioether (sulfide) groups is 1. The summed E-state index contributed by atoms with van der Waals surface area (Å²) < 4.78 is 5.66. The second-order valence-electron chi connectivity index (χ2n) is 7.35. The lowest BCUT2D eigenvalue weighted by Gasteiger charge is -2.24. The van der Waals surface area contributed by atoms with Gasteiger partial charge in [-0.3, -0.25) is 4.79 Å². The highest BCUT2D eigenvalue weighted by molar-refractivity contribution is 8.00. The van der Waals surface area contributed by atoms with Crippen molar-refractivity contribution in [1.29, 1.82) is 0 Å². The Kier molecular flexibility index (Phi) is 4.63. The van der Waals surface area contributed by atoms with Crippen LogP contribution in [0.1, 0.15) is 26.3 Å². The number of anilines is 1. The van der Waals surface area contributed by atoms with E-state index in [1.807, 2.05) is 38.2 Å². The molecule has 144 valence electrons. The third-order valence-corrected chi connectivity index (χ3v) is 6.08. The van der Waals surface area contributed by atoms with Crippen molar-refractivity contribution in [2.75, 3.05) is 11.9 Å². The van der Waals surface area contributed by atoms with Crippen molar-refractivity contribution in [1.82, 2.24) is 15.2 Å². The number of ketones is 1. The maximum atomic E-state index is 12.9. The average molecular weight is 395 g/mol. The predicted molar refractivity (Wildman–Crippen MR) is 110 cm³/mol. The number of H-pyrrole nitrogens is 1. The molecule has 0 unspecified atom stereocenters. The number of nitrogens with zero attached hydrogens (tertiary/aromatic N) is 3. The summed E-state index contributed by atoms with van der Waals surface area (Å²) in [5.41, 5.74) is 3.89. The largest absolute Gasteiger partial charge is 0.410 e. The molecule has 0 saturated carbocycles. The van der Waals surface area contributed by atoms with Gasteiger partial charge in [-0.25, -0.2) is 0 Å². The molecular weight excluding hydrogens is 372 g/mol. The van der Waals surface area contributed by atoms with Crippen LogP contribution in [0.2, 0.25) is 0 Å². The van der Waals surface area contributed by atoms with Gasteiger partial charge in [0, 0.05) is 36.1 Å². The van der Waals surface area contributed by atoms with Crippen molar-refractivity contribution in [3.8, 4) is 11.6 Å². The molecule has 0 amide bonds. The molecule has 3 aromatic rings. The number of hydrogen-bond acceptors (Lipinski definition) is 6. The molecule has 0 spiro atoms. The van der Waals surface area contributed by atoms with Crippen LogP contribution in [0.25, 0.3) is 11.6 Å². The Morgan fingerprint density at radius 2 is 2.04 bits per heavy atom. The molecule has 0 bridgehead atoms. The molecule has 0 radical (unpaired) electrons. The maximum absolute atomic E-state index is 12.9. The third-order valence-electron chi connectivity index (χ3n) is 5.13. The lowest BCUT2D eigenvalue weighted by molar-refractivity contribution is -0.114. The van der Waals surface area contributed by atoms with Gasteiger partial charge in [0.05, 0.1) is 5.25 Å². The fraction of sp³-hybridized carbons (Fsp3) is 0.286. The van der Waals surface area contributed by atoms with Crippen LogP contribution in [0.5, 0.6) is 0 Å². The van der Waals surface area contributed by atoms with Gasteiger partial charge in [-0.15, -0.1) is 10.2 Å². The van der Waals surface area contributed by atoms with E-state index in [4.69, 9.17) is 4.42 Å². The molecule has 28 heavy (non-hydrogen) atoms. The number of benzene rings is 1. The monoisotopic (exact) mass is 394 g/mol. The summed E-state index contributed by atoms with van der Waals surface area (Å²) in [4.78, 5) is 18.0. The topological polar surface area (TPSA) is 75.0 Å². The molecule has 1 aliphatic rings. The first kappa shape index (κ1) is 18.6. The number of allylic oxidation sites excluding steroid dienone is 2. The predicted octanol–water partition coefficient (Wildman–Crippen LogP) is 4.43. The first-order valence-electron chi connectivity index (χ1n) is 9.11. The van der Waals surface area contributed by atoms with E-state index >= 15 is 0 Å². The molecule has 4 rings (SSSR count). The molecule has 0 aliphatic carbocycles. The molecular formula is C21H22N4O2S. The zero-order chi connectivity index (χ0) is 19.9. The van der Waals surface area contributed by atoms with Gasteiger partial charge in [0.25, 0.3) is 11.1 Å². The number of rotatable bonds is 5. The maximum Gasteiger partial charge on any atom is 0.277 e. The molecule has 1 N–H and O–H groups in total. The summed E-state index contributed by atoms with van der Waals surface area (Å²) in [5.74, 6) is 0.435. The van der Waals surface area contributed by atoms with Crippen LogP contribution in [0.4, 0.5) is 5.69 Å². The number of carbonyl (C=O) groups is 1. The lowest BCUT2D eigenvalue weighted by atomic mass is 9.83. The summed E-state index contributed by atoms with van der Waals surface area (Å²) >= 11 is 1.27. The van der Waals surface area contributed by atoms with E-state index in [0.29, 0.717) is 11.1 Å². The van der Waals surface area contributed by atoms with E-state index < -0.39 is 0 Å². The summed E-state index contributed by atoms with van der Waals surface area (Å²) in [6.07, 6.45) is 3.54. The van der Waals surface area contributed by atoms with Gasteiger partial charge in [-0.1, -0.05) is 43.8 Å². The number of hydrogen-bond donors (Lipinski definition) is 1. The summed E-state index contributed by atoms with van der Waals surface area (Å²) in [6, 6.07) is 12.0. The zero-order valence-corrected chi connectivity index (χ0v) is 17.1. The van der Waals surface area contributed by atoms with E-state index in [0.717, 1.165) is 17.1 Å². The van der Waals surface area contributed by atoms with Crippen LogP contribution >= 0.6 is 11.8 Å². The number of aromatic nitrogens is 3. The second-order valence-corrected chi connectivity index (χ2v) is 8.64. The molecule has 1 atom stereocenters. The molecule has 0 saturated heterocycles. The Bertz CT molecular complexity index is 1040. The highest BCUT2D eigenvalue weighted by Crippen LogP contribution is 2.46. The van der Waals surface area contributed by atoms with Crippen molar-refractivity contribution in [3.63, 3.8) is 0 Å². The molecule has 1 aliphatic heterocycles. The van der Waals surface area contributed by atoms with Crippen molar-refractivity contribution >= 4 is 23.2 Å². The molecule has 1 aromatic carbocycles. The quantitative estimate of drug-likeness (QED) is 0.510. The normalized spacial score (nSPS) is 17.7. The zero-order valence-electron chi connectivity index (χ0n) is 16.3. The Hall–Kier alpha value is -2.80. The van der Waals surface area contributed by atoms with Gasteiger partial charge in [-0.2, -0.15) is 0 Å². The summed E-state index contributed by atoms with van der Waals surface area (Å²) in [6.45, 7) is 6.15. The molecule has 0 fully saturated rings. The number of para-hydroxylation sites is 1. The first-order chi connectivity index (χ1) is 13.4. The highest BCUT2D eigenvalue weighted by atomic mass is 32.2. The van der Waals surface area contributed by atoms with Gasteiger partial charge in [-0.05, 0) is 30.7 Å². The minimum atomic E-state index is -0.336. The molecule has 7 heteroatoms. The van der Waals surface area contributed by atoms with Crippen LogP contribution in [0.3, 0.4) is 0 Å². The molecule has 2 aromatic heterocycles. The van der Waals surface area contributed by atoms with Crippen LogP contribution in [0.15, 0.2) is 64.0 Å². The SMILES string of the molecule is C[C@@H](Sc1nnc(-c2ccc[nH]2)o1)C(=O)/C=C1/N(C)c2ccccc2C1(C)C. The van der Waals surface area contributed by atoms with E-state index in [-0.39, 0.29) is 16.4 Å².